The zero-order chi connectivity index (χ0) is 45.5. The van der Waals surface area contributed by atoms with Crippen LogP contribution in [0.4, 0.5) is 22.7 Å². The highest BCUT2D eigenvalue weighted by atomic mass is 35.5. The van der Waals surface area contributed by atoms with Crippen molar-refractivity contribution >= 4 is 136 Å². The normalized spacial score (nSPS) is 11.1. The van der Waals surface area contributed by atoms with Gasteiger partial charge in [-0.15, -0.1) is 0 Å². The molecule has 0 aliphatic carbocycles. The summed E-state index contributed by atoms with van der Waals surface area (Å²) >= 11 is 35.9. The Bertz CT molecular complexity index is 2760. The van der Waals surface area contributed by atoms with Crippen LogP contribution in [0.5, 0.6) is 0 Å². The summed E-state index contributed by atoms with van der Waals surface area (Å²) in [5, 5.41) is 23.4. The van der Waals surface area contributed by atoms with E-state index in [9.17, 15) is 36.0 Å². The lowest BCUT2D eigenvalue weighted by molar-refractivity contribution is 0.0686. The maximum atomic E-state index is 12.7. The number of anilines is 4. The first kappa shape index (κ1) is 47.5. The number of rotatable bonds is 12. The third-order valence-corrected chi connectivity index (χ3v) is 12.9. The van der Waals surface area contributed by atoms with Crippen LogP contribution in [-0.2, 0) is 20.0 Å². The number of carbonyl (C=O) groups excluding carboxylic acids is 2. The molecule has 62 heavy (non-hydrogen) atoms. The average molecular weight is 1000 g/mol. The fourth-order valence-corrected chi connectivity index (χ4v) is 9.16. The Kier molecular flexibility index (Phi) is 15.4. The Balaban J connectivity index is 0.000000234. The molecule has 6 aromatic carbocycles. The fourth-order valence-electron chi connectivity index (χ4n) is 5.05. The standard InChI is InChI=1S/2C20H13Cl3N2O5S/c2*21-13-4-8-16(23)18(10-13)31(29,30)25-17-9-12(3-7-15(17)22)19(26)24-14-5-1-11(2-6-14)20(27)28/h2*1-10,25H,(H,24,26)(H,27,28). The number of amides is 2. The molecule has 0 aliphatic rings. The van der Waals surface area contributed by atoms with E-state index < -0.39 is 43.8 Å². The first-order valence-electron chi connectivity index (χ1n) is 17.0. The van der Waals surface area contributed by atoms with E-state index in [1.807, 2.05) is 0 Å². The van der Waals surface area contributed by atoms with Gasteiger partial charge in [0.15, 0.2) is 0 Å². The Morgan fingerprint density at radius 2 is 0.710 bits per heavy atom. The minimum Gasteiger partial charge on any atom is -0.478 e. The fraction of sp³-hybridized carbons (Fsp3) is 0. The molecule has 22 heteroatoms. The topological polar surface area (TPSA) is 225 Å². The highest BCUT2D eigenvalue weighted by molar-refractivity contribution is 7.93. The van der Waals surface area contributed by atoms with Crippen molar-refractivity contribution in [3.63, 3.8) is 0 Å². The van der Waals surface area contributed by atoms with Crippen LogP contribution in [0.2, 0.25) is 30.1 Å². The summed E-state index contributed by atoms with van der Waals surface area (Å²) < 4.78 is 55.5. The van der Waals surface area contributed by atoms with Crippen molar-refractivity contribution in [1.29, 1.82) is 0 Å². The van der Waals surface area contributed by atoms with Crippen molar-refractivity contribution in [2.24, 2.45) is 0 Å². The molecule has 0 fully saturated rings. The second-order valence-corrected chi connectivity index (χ2v) is 18.2. The van der Waals surface area contributed by atoms with Gasteiger partial charge in [-0.05, 0) is 121 Å². The molecule has 0 aliphatic heterocycles. The van der Waals surface area contributed by atoms with Crippen LogP contribution < -0.4 is 20.1 Å². The lowest BCUT2D eigenvalue weighted by Crippen LogP contribution is -2.16. The van der Waals surface area contributed by atoms with Gasteiger partial charge in [-0.2, -0.15) is 0 Å². The molecular formula is C40H26Cl6N4O10S2. The van der Waals surface area contributed by atoms with Gasteiger partial charge in [0.2, 0.25) is 0 Å². The van der Waals surface area contributed by atoms with Crippen molar-refractivity contribution in [2.45, 2.75) is 9.79 Å². The van der Waals surface area contributed by atoms with Gasteiger partial charge >= 0.3 is 11.9 Å². The molecule has 0 saturated carbocycles. The second kappa shape index (κ2) is 20.1. The van der Waals surface area contributed by atoms with Crippen molar-refractivity contribution in [3.05, 3.63) is 174 Å². The highest BCUT2D eigenvalue weighted by Crippen LogP contribution is 2.32. The van der Waals surface area contributed by atoms with Gasteiger partial charge in [-0.3, -0.25) is 19.0 Å². The number of carbonyl (C=O) groups is 4. The Hall–Kier alpha value is -5.56. The van der Waals surface area contributed by atoms with E-state index in [0.717, 1.165) is 0 Å². The number of hydrogen-bond acceptors (Lipinski definition) is 8. The van der Waals surface area contributed by atoms with Crippen molar-refractivity contribution in [2.75, 3.05) is 20.1 Å². The predicted octanol–water partition coefficient (Wildman–Crippen LogP) is 10.8. The van der Waals surface area contributed by atoms with E-state index >= 15 is 0 Å². The molecule has 6 rings (SSSR count). The van der Waals surface area contributed by atoms with Crippen LogP contribution in [0, 0.1) is 0 Å². The van der Waals surface area contributed by atoms with Crippen LogP contribution in [0.1, 0.15) is 41.4 Å². The minimum atomic E-state index is -4.14. The predicted molar refractivity (Wildman–Crippen MR) is 240 cm³/mol. The molecule has 6 aromatic rings. The van der Waals surface area contributed by atoms with Gasteiger partial charge in [0.05, 0.1) is 42.6 Å². The molecular weight excluding hydrogens is 973 g/mol. The maximum Gasteiger partial charge on any atom is 0.335 e. The number of halogens is 6. The molecule has 0 bridgehead atoms. The summed E-state index contributed by atoms with van der Waals surface area (Å²) in [4.78, 5) is 46.4. The van der Waals surface area contributed by atoms with Gasteiger partial charge in [0.1, 0.15) is 9.79 Å². The average Bonchev–Trinajstić information content (AvgIpc) is 3.21. The molecule has 14 nitrogen and oxygen atoms in total. The monoisotopic (exact) mass is 996 g/mol. The first-order chi connectivity index (χ1) is 29.1. The van der Waals surface area contributed by atoms with Gasteiger partial charge in [-0.25, -0.2) is 26.4 Å². The van der Waals surface area contributed by atoms with Gasteiger partial charge in [0.25, 0.3) is 31.9 Å². The summed E-state index contributed by atoms with van der Waals surface area (Å²) in [6.07, 6.45) is 0. The van der Waals surface area contributed by atoms with E-state index in [1.165, 1.54) is 121 Å². The maximum absolute atomic E-state index is 12.7. The number of nitrogens with one attached hydrogen (secondary N) is 4. The van der Waals surface area contributed by atoms with Gasteiger partial charge in [-0.1, -0.05) is 69.6 Å². The molecule has 0 unspecified atom stereocenters. The molecule has 0 aromatic heterocycles. The largest absolute Gasteiger partial charge is 0.478 e. The van der Waals surface area contributed by atoms with E-state index in [0.29, 0.717) is 11.4 Å². The first-order valence-corrected chi connectivity index (χ1v) is 22.2. The minimum absolute atomic E-state index is 0.0354. The van der Waals surface area contributed by atoms with E-state index in [2.05, 4.69) is 20.1 Å². The van der Waals surface area contributed by atoms with Crippen molar-refractivity contribution in [1.82, 2.24) is 0 Å². The smallest absolute Gasteiger partial charge is 0.335 e. The molecule has 2 amide bonds. The molecule has 0 radical (unpaired) electrons. The summed E-state index contributed by atoms with van der Waals surface area (Å²) in [7, 11) is -8.28. The molecule has 0 spiro atoms. The van der Waals surface area contributed by atoms with Crippen LogP contribution in [0.15, 0.2) is 131 Å². The number of sulfonamides is 2. The van der Waals surface area contributed by atoms with Gasteiger partial charge in [0, 0.05) is 32.5 Å². The lowest BCUT2D eigenvalue weighted by atomic mass is 10.1. The summed E-state index contributed by atoms with van der Waals surface area (Å²) in [6.45, 7) is 0. The van der Waals surface area contributed by atoms with Crippen molar-refractivity contribution < 1.29 is 46.2 Å². The number of aromatic carboxylic acids is 2. The summed E-state index contributed by atoms with van der Waals surface area (Å²) in [5.41, 5.74) is 1.01. The van der Waals surface area contributed by atoms with Gasteiger partial charge < -0.3 is 20.8 Å². The van der Waals surface area contributed by atoms with Crippen LogP contribution in [-0.4, -0.2) is 50.8 Å². The third-order valence-electron chi connectivity index (χ3n) is 8.09. The zero-order valence-electron chi connectivity index (χ0n) is 30.8. The Labute approximate surface area is 383 Å². The molecule has 0 atom stereocenters. The van der Waals surface area contributed by atoms with Crippen LogP contribution in [0.25, 0.3) is 0 Å². The number of carboxylic acids is 2. The Morgan fingerprint density at radius 1 is 0.403 bits per heavy atom. The van der Waals surface area contributed by atoms with E-state index in [4.69, 9.17) is 79.8 Å². The van der Waals surface area contributed by atoms with E-state index in [-0.39, 0.29) is 73.6 Å². The molecule has 6 N–H and O–H groups in total. The van der Waals surface area contributed by atoms with E-state index in [1.54, 1.807) is 0 Å². The lowest BCUT2D eigenvalue weighted by Gasteiger charge is -2.13. The molecule has 0 heterocycles. The second-order valence-electron chi connectivity index (χ2n) is 12.4. The number of carboxylic acid groups (broad SMARTS) is 2. The molecule has 0 saturated heterocycles. The van der Waals surface area contributed by atoms with Crippen molar-refractivity contribution in [3.8, 4) is 0 Å². The summed E-state index contributed by atoms with van der Waals surface area (Å²) in [5.74, 6) is -3.29. The SMILES string of the molecule is O=C(O)c1ccc(NC(=O)c2ccc(Cl)c(NS(=O)(=O)c3cc(Cl)ccc3Cl)c2)cc1.O=C(O)c1ccc(NC(=O)c2ccc(Cl)c(NS(=O)(=O)c3cc(Cl)ccc3Cl)c2)cc1. The number of hydrogen-bond donors (Lipinski definition) is 6. The van der Waals surface area contributed by atoms with Crippen LogP contribution >= 0.6 is 69.6 Å². The number of benzene rings is 6. The third kappa shape index (κ3) is 12.3. The quantitative estimate of drug-likeness (QED) is 0.0680. The summed E-state index contributed by atoms with van der Waals surface area (Å²) in [6, 6.07) is 27.1. The Morgan fingerprint density at radius 3 is 1.03 bits per heavy atom. The van der Waals surface area contributed by atoms with Crippen LogP contribution in [0.3, 0.4) is 0 Å². The zero-order valence-corrected chi connectivity index (χ0v) is 37.0. The highest BCUT2D eigenvalue weighted by Gasteiger charge is 2.23. The molecule has 320 valence electrons.